The molecule has 0 saturated carbocycles. The first-order valence-corrected chi connectivity index (χ1v) is 6.39. The Morgan fingerprint density at radius 3 is 2.87 bits per heavy atom. The number of nitrogens with zero attached hydrogens (tertiary/aromatic N) is 1. The molecule has 0 aliphatic rings. The molecule has 3 nitrogen and oxygen atoms in total. The van der Waals surface area contributed by atoms with E-state index >= 15 is 0 Å². The Bertz CT molecular complexity index is 246. The average Bonchev–Trinajstić information content (AvgIpc) is 2.68. The van der Waals surface area contributed by atoms with Gasteiger partial charge in [-0.2, -0.15) is 0 Å². The quantitative estimate of drug-likeness (QED) is 0.747. The summed E-state index contributed by atoms with van der Waals surface area (Å²) in [5, 5.41) is 6.57. The molecule has 1 unspecified atom stereocenters. The topological polar surface area (TPSA) is 50.9 Å². The van der Waals surface area contributed by atoms with Crippen LogP contribution < -0.4 is 11.1 Å². The van der Waals surface area contributed by atoms with Gasteiger partial charge in [-0.3, -0.25) is 0 Å². The molecule has 0 aliphatic heterocycles. The summed E-state index contributed by atoms with van der Waals surface area (Å²) in [7, 11) is 0. The maximum atomic E-state index is 5.73. The van der Waals surface area contributed by atoms with Crippen LogP contribution in [0.2, 0.25) is 0 Å². The van der Waals surface area contributed by atoms with Gasteiger partial charge >= 0.3 is 0 Å². The van der Waals surface area contributed by atoms with E-state index in [-0.39, 0.29) is 0 Å². The molecule has 1 aromatic rings. The van der Waals surface area contributed by atoms with E-state index in [1.807, 2.05) is 11.6 Å². The second-order valence-electron chi connectivity index (χ2n) is 4.29. The normalized spacial score (nSPS) is 13.3. The second-order valence-corrected chi connectivity index (χ2v) is 5.27. The third kappa shape index (κ3) is 5.25. The molecule has 0 fully saturated rings. The molecule has 0 aromatic carbocycles. The van der Waals surface area contributed by atoms with E-state index in [4.69, 9.17) is 5.73 Å². The number of nitrogens with two attached hydrogens (primary N) is 1. The Hall–Kier alpha value is -0.450. The zero-order valence-corrected chi connectivity index (χ0v) is 10.4. The molecule has 0 amide bonds. The van der Waals surface area contributed by atoms with Gasteiger partial charge in [0.1, 0.15) is 5.01 Å². The van der Waals surface area contributed by atoms with Crippen LogP contribution in [-0.2, 0) is 6.54 Å². The Morgan fingerprint density at radius 2 is 2.33 bits per heavy atom. The van der Waals surface area contributed by atoms with Crippen LogP contribution in [0.5, 0.6) is 0 Å². The molecular weight excluding hydrogens is 206 g/mol. The predicted octanol–water partition coefficient (Wildman–Crippen LogP) is 1.85. The van der Waals surface area contributed by atoms with Crippen molar-refractivity contribution in [3.8, 4) is 0 Å². The molecule has 0 aliphatic carbocycles. The van der Waals surface area contributed by atoms with Crippen LogP contribution in [0.4, 0.5) is 0 Å². The highest BCUT2D eigenvalue weighted by Gasteiger charge is 2.08. The minimum absolute atomic E-state index is 0.588. The second kappa shape index (κ2) is 6.93. The minimum atomic E-state index is 0.588. The lowest BCUT2D eigenvalue weighted by atomic mass is 9.97. The monoisotopic (exact) mass is 227 g/mol. The van der Waals surface area contributed by atoms with Crippen molar-refractivity contribution in [2.45, 2.75) is 26.8 Å². The fraction of sp³-hybridized carbons (Fsp3) is 0.727. The standard InChI is InChI=1S/C11H21N3S/c1-9(2)5-10(6-12)7-13-8-11-14-3-4-15-11/h3-4,9-10,13H,5-8,12H2,1-2H3. The SMILES string of the molecule is CC(C)CC(CN)CNCc1nccs1. The molecule has 0 bridgehead atoms. The predicted molar refractivity (Wildman–Crippen MR) is 65.8 cm³/mol. The van der Waals surface area contributed by atoms with E-state index in [0.29, 0.717) is 5.92 Å². The van der Waals surface area contributed by atoms with Gasteiger partial charge in [-0.15, -0.1) is 11.3 Å². The molecule has 15 heavy (non-hydrogen) atoms. The van der Waals surface area contributed by atoms with E-state index in [9.17, 15) is 0 Å². The Kier molecular flexibility index (Phi) is 5.83. The van der Waals surface area contributed by atoms with Gasteiger partial charge in [0.25, 0.3) is 0 Å². The van der Waals surface area contributed by atoms with Gasteiger partial charge < -0.3 is 11.1 Å². The number of aromatic nitrogens is 1. The lowest BCUT2D eigenvalue weighted by molar-refractivity contribution is 0.394. The number of thiazole rings is 1. The first-order chi connectivity index (χ1) is 7.22. The highest BCUT2D eigenvalue weighted by Crippen LogP contribution is 2.10. The van der Waals surface area contributed by atoms with Gasteiger partial charge in [-0.1, -0.05) is 13.8 Å². The third-order valence-electron chi connectivity index (χ3n) is 2.33. The van der Waals surface area contributed by atoms with Crippen molar-refractivity contribution in [1.29, 1.82) is 0 Å². The molecular formula is C11H21N3S. The molecule has 0 radical (unpaired) electrons. The summed E-state index contributed by atoms with van der Waals surface area (Å²) in [6, 6.07) is 0. The summed E-state index contributed by atoms with van der Waals surface area (Å²) in [5.41, 5.74) is 5.73. The van der Waals surface area contributed by atoms with Crippen molar-refractivity contribution >= 4 is 11.3 Å². The molecule has 3 N–H and O–H groups in total. The molecule has 1 rings (SSSR count). The Labute approximate surface area is 96.1 Å². The largest absolute Gasteiger partial charge is 0.330 e. The summed E-state index contributed by atoms with van der Waals surface area (Å²) in [4.78, 5) is 4.22. The van der Waals surface area contributed by atoms with Gasteiger partial charge in [0, 0.05) is 18.1 Å². The fourth-order valence-electron chi connectivity index (χ4n) is 1.65. The van der Waals surface area contributed by atoms with Crippen LogP contribution in [0.15, 0.2) is 11.6 Å². The van der Waals surface area contributed by atoms with Gasteiger partial charge in [-0.05, 0) is 31.3 Å². The van der Waals surface area contributed by atoms with Crippen molar-refractivity contribution in [1.82, 2.24) is 10.3 Å². The molecule has 86 valence electrons. The molecule has 1 aromatic heterocycles. The van der Waals surface area contributed by atoms with Gasteiger partial charge in [-0.25, -0.2) is 4.98 Å². The maximum Gasteiger partial charge on any atom is 0.106 e. The molecule has 4 heteroatoms. The highest BCUT2D eigenvalue weighted by atomic mass is 32.1. The Balaban J connectivity index is 2.17. The van der Waals surface area contributed by atoms with Crippen LogP contribution in [0.3, 0.4) is 0 Å². The van der Waals surface area contributed by atoms with Crippen molar-refractivity contribution in [2.24, 2.45) is 17.6 Å². The van der Waals surface area contributed by atoms with E-state index in [1.54, 1.807) is 11.3 Å². The molecule has 0 spiro atoms. The lowest BCUT2D eigenvalue weighted by Gasteiger charge is -2.17. The van der Waals surface area contributed by atoms with Crippen LogP contribution in [0.1, 0.15) is 25.3 Å². The van der Waals surface area contributed by atoms with E-state index in [2.05, 4.69) is 24.1 Å². The van der Waals surface area contributed by atoms with Crippen LogP contribution in [-0.4, -0.2) is 18.1 Å². The van der Waals surface area contributed by atoms with Crippen molar-refractivity contribution in [3.63, 3.8) is 0 Å². The van der Waals surface area contributed by atoms with Gasteiger partial charge in [0.2, 0.25) is 0 Å². The van der Waals surface area contributed by atoms with Crippen molar-refractivity contribution in [3.05, 3.63) is 16.6 Å². The molecule has 0 saturated heterocycles. The number of hydrogen-bond acceptors (Lipinski definition) is 4. The maximum absolute atomic E-state index is 5.73. The third-order valence-corrected chi connectivity index (χ3v) is 3.11. The molecule has 1 heterocycles. The zero-order chi connectivity index (χ0) is 11.1. The first-order valence-electron chi connectivity index (χ1n) is 5.51. The van der Waals surface area contributed by atoms with Crippen LogP contribution in [0.25, 0.3) is 0 Å². The Morgan fingerprint density at radius 1 is 1.53 bits per heavy atom. The average molecular weight is 227 g/mol. The fourth-order valence-corrected chi connectivity index (χ4v) is 2.24. The first kappa shape index (κ1) is 12.6. The number of hydrogen-bond donors (Lipinski definition) is 2. The molecule has 1 atom stereocenters. The van der Waals surface area contributed by atoms with Crippen LogP contribution >= 0.6 is 11.3 Å². The summed E-state index contributed by atoms with van der Waals surface area (Å²) < 4.78 is 0. The lowest BCUT2D eigenvalue weighted by Crippen LogP contribution is -2.29. The van der Waals surface area contributed by atoms with Crippen LogP contribution in [0, 0.1) is 11.8 Å². The van der Waals surface area contributed by atoms with E-state index in [0.717, 1.165) is 30.6 Å². The van der Waals surface area contributed by atoms with Crippen molar-refractivity contribution in [2.75, 3.05) is 13.1 Å². The summed E-state index contributed by atoms with van der Waals surface area (Å²) in [6.45, 7) is 7.11. The highest BCUT2D eigenvalue weighted by molar-refractivity contribution is 7.09. The van der Waals surface area contributed by atoms with E-state index in [1.165, 1.54) is 6.42 Å². The summed E-state index contributed by atoms with van der Waals surface area (Å²) >= 11 is 1.69. The van der Waals surface area contributed by atoms with E-state index < -0.39 is 0 Å². The van der Waals surface area contributed by atoms with Gasteiger partial charge in [0.15, 0.2) is 0 Å². The number of nitrogens with one attached hydrogen (secondary N) is 1. The van der Waals surface area contributed by atoms with Crippen molar-refractivity contribution < 1.29 is 0 Å². The van der Waals surface area contributed by atoms with Gasteiger partial charge in [0.05, 0.1) is 0 Å². The minimum Gasteiger partial charge on any atom is -0.330 e. The summed E-state index contributed by atoms with van der Waals surface area (Å²) in [5.74, 6) is 1.31. The zero-order valence-electron chi connectivity index (χ0n) is 9.57. The number of rotatable bonds is 7. The smallest absolute Gasteiger partial charge is 0.106 e. The summed E-state index contributed by atoms with van der Waals surface area (Å²) in [6.07, 6.45) is 3.04.